The summed E-state index contributed by atoms with van der Waals surface area (Å²) in [6.45, 7) is 0.465. The highest BCUT2D eigenvalue weighted by molar-refractivity contribution is 5.94. The van der Waals surface area contributed by atoms with Gasteiger partial charge in [0.2, 0.25) is 0 Å². The smallest absolute Gasteiger partial charge is 0.255 e. The Balaban J connectivity index is 1.57. The standard InChI is InChI=1S/C21H22N4O3/c1-27-18-6-7-19(28-2)16(11-18)13-25(17-4-5-17)21(26)15-3-8-20(23-12-15)24-10-9-22-14-24/h3,6-12,14,17H,4-5,13H2,1-2H3. The number of rotatable bonds is 7. The van der Waals surface area contributed by atoms with Crippen molar-refractivity contribution in [3.8, 4) is 17.3 Å². The van der Waals surface area contributed by atoms with Gasteiger partial charge in [0, 0.05) is 30.2 Å². The van der Waals surface area contributed by atoms with Crippen LogP contribution < -0.4 is 9.47 Å². The summed E-state index contributed by atoms with van der Waals surface area (Å²) in [5.74, 6) is 2.18. The monoisotopic (exact) mass is 378 g/mol. The molecular weight excluding hydrogens is 356 g/mol. The molecule has 144 valence electrons. The molecule has 3 aromatic rings. The number of pyridine rings is 1. The Bertz CT molecular complexity index is 950. The first-order valence-corrected chi connectivity index (χ1v) is 9.16. The minimum Gasteiger partial charge on any atom is -0.497 e. The molecule has 7 nitrogen and oxygen atoms in total. The Morgan fingerprint density at radius 1 is 1.21 bits per heavy atom. The summed E-state index contributed by atoms with van der Waals surface area (Å²) in [6.07, 6.45) is 8.83. The van der Waals surface area contributed by atoms with Gasteiger partial charge in [-0.1, -0.05) is 0 Å². The summed E-state index contributed by atoms with van der Waals surface area (Å²) in [7, 11) is 3.26. The molecule has 1 aromatic carbocycles. The van der Waals surface area contributed by atoms with E-state index in [0.29, 0.717) is 12.1 Å². The summed E-state index contributed by atoms with van der Waals surface area (Å²) in [5, 5.41) is 0. The van der Waals surface area contributed by atoms with Crippen LogP contribution in [-0.2, 0) is 6.54 Å². The lowest BCUT2D eigenvalue weighted by Crippen LogP contribution is -2.32. The Labute approximate surface area is 163 Å². The van der Waals surface area contributed by atoms with Crippen LogP contribution in [0.25, 0.3) is 5.82 Å². The lowest BCUT2D eigenvalue weighted by molar-refractivity contribution is 0.0728. The number of amides is 1. The molecule has 1 aliphatic carbocycles. The predicted octanol–water partition coefficient (Wildman–Crippen LogP) is 3.09. The van der Waals surface area contributed by atoms with Gasteiger partial charge in [-0.15, -0.1) is 0 Å². The summed E-state index contributed by atoms with van der Waals surface area (Å²) < 4.78 is 12.6. The van der Waals surface area contributed by atoms with Crippen molar-refractivity contribution >= 4 is 5.91 Å². The third-order valence-corrected chi connectivity index (χ3v) is 4.84. The minimum atomic E-state index is -0.0305. The summed E-state index contributed by atoms with van der Waals surface area (Å²) in [5.41, 5.74) is 1.49. The van der Waals surface area contributed by atoms with Gasteiger partial charge < -0.3 is 14.4 Å². The molecule has 2 aromatic heterocycles. The van der Waals surface area contributed by atoms with Crippen LogP contribution in [0.5, 0.6) is 11.5 Å². The van der Waals surface area contributed by atoms with Gasteiger partial charge in [0.25, 0.3) is 5.91 Å². The predicted molar refractivity (Wildman–Crippen MR) is 104 cm³/mol. The highest BCUT2D eigenvalue weighted by atomic mass is 16.5. The quantitative estimate of drug-likeness (QED) is 0.632. The van der Waals surface area contributed by atoms with Crippen molar-refractivity contribution in [3.05, 3.63) is 66.4 Å². The third kappa shape index (κ3) is 3.69. The van der Waals surface area contributed by atoms with Crippen molar-refractivity contribution in [2.24, 2.45) is 0 Å². The molecule has 28 heavy (non-hydrogen) atoms. The van der Waals surface area contributed by atoms with E-state index in [-0.39, 0.29) is 11.9 Å². The lowest BCUT2D eigenvalue weighted by Gasteiger charge is -2.24. The maximum atomic E-state index is 13.2. The van der Waals surface area contributed by atoms with Crippen molar-refractivity contribution in [2.45, 2.75) is 25.4 Å². The highest BCUT2D eigenvalue weighted by Crippen LogP contribution is 2.33. The largest absolute Gasteiger partial charge is 0.497 e. The number of aromatic nitrogens is 3. The van der Waals surface area contributed by atoms with Gasteiger partial charge in [-0.2, -0.15) is 0 Å². The van der Waals surface area contributed by atoms with Crippen molar-refractivity contribution < 1.29 is 14.3 Å². The van der Waals surface area contributed by atoms with Crippen LogP contribution in [-0.4, -0.2) is 45.6 Å². The normalized spacial score (nSPS) is 13.2. The molecule has 0 aliphatic heterocycles. The van der Waals surface area contributed by atoms with Crippen LogP contribution in [0.3, 0.4) is 0 Å². The van der Waals surface area contributed by atoms with Crippen molar-refractivity contribution in [2.75, 3.05) is 14.2 Å². The minimum absolute atomic E-state index is 0.0305. The molecule has 0 radical (unpaired) electrons. The Morgan fingerprint density at radius 2 is 2.07 bits per heavy atom. The molecule has 0 spiro atoms. The van der Waals surface area contributed by atoms with Crippen molar-refractivity contribution in [1.82, 2.24) is 19.4 Å². The molecule has 0 bridgehead atoms. The lowest BCUT2D eigenvalue weighted by atomic mass is 10.1. The zero-order valence-electron chi connectivity index (χ0n) is 15.9. The first kappa shape index (κ1) is 18.0. The van der Waals surface area contributed by atoms with Crippen LogP contribution in [0, 0.1) is 0 Å². The van der Waals surface area contributed by atoms with E-state index in [9.17, 15) is 4.79 Å². The molecular formula is C21H22N4O3. The van der Waals surface area contributed by atoms with E-state index in [4.69, 9.17) is 9.47 Å². The van der Waals surface area contributed by atoms with Gasteiger partial charge in [0.05, 0.1) is 26.3 Å². The molecule has 1 amide bonds. The molecule has 2 heterocycles. The molecule has 7 heteroatoms. The Hall–Kier alpha value is -3.35. The number of benzene rings is 1. The van der Waals surface area contributed by atoms with E-state index >= 15 is 0 Å². The van der Waals surface area contributed by atoms with Gasteiger partial charge >= 0.3 is 0 Å². The summed E-state index contributed by atoms with van der Waals surface area (Å²) in [4.78, 5) is 23.5. The first-order chi connectivity index (χ1) is 13.7. The average Bonchev–Trinajstić information content (AvgIpc) is 3.44. The Kier molecular flexibility index (Phi) is 4.97. The molecule has 4 rings (SSSR count). The van der Waals surface area contributed by atoms with Crippen LogP contribution in [0.1, 0.15) is 28.8 Å². The van der Waals surface area contributed by atoms with Crippen LogP contribution in [0.4, 0.5) is 0 Å². The molecule has 1 fully saturated rings. The van der Waals surface area contributed by atoms with E-state index in [0.717, 1.165) is 35.7 Å². The van der Waals surface area contributed by atoms with Gasteiger partial charge in [0.1, 0.15) is 23.6 Å². The fourth-order valence-corrected chi connectivity index (χ4v) is 3.17. The number of hydrogen-bond acceptors (Lipinski definition) is 5. The van der Waals surface area contributed by atoms with Gasteiger partial charge in [-0.25, -0.2) is 9.97 Å². The zero-order valence-corrected chi connectivity index (χ0v) is 15.9. The average molecular weight is 378 g/mol. The van der Waals surface area contributed by atoms with E-state index in [1.165, 1.54) is 0 Å². The number of imidazole rings is 1. The van der Waals surface area contributed by atoms with Crippen LogP contribution in [0.2, 0.25) is 0 Å². The SMILES string of the molecule is COc1ccc(OC)c(CN(C(=O)c2ccc(-n3ccnc3)nc2)C2CC2)c1. The summed E-state index contributed by atoms with van der Waals surface area (Å²) >= 11 is 0. The first-order valence-electron chi connectivity index (χ1n) is 9.16. The van der Waals surface area contributed by atoms with Crippen LogP contribution >= 0.6 is 0 Å². The molecule has 1 aliphatic rings. The number of nitrogens with zero attached hydrogens (tertiary/aromatic N) is 4. The fourth-order valence-electron chi connectivity index (χ4n) is 3.17. The molecule has 0 N–H and O–H groups in total. The topological polar surface area (TPSA) is 69.5 Å². The number of ether oxygens (including phenoxy) is 2. The second-order valence-corrected chi connectivity index (χ2v) is 6.72. The number of methoxy groups -OCH3 is 2. The maximum Gasteiger partial charge on any atom is 0.255 e. The van der Waals surface area contributed by atoms with Gasteiger partial charge in [-0.05, 0) is 43.2 Å². The van der Waals surface area contributed by atoms with Crippen LogP contribution in [0.15, 0.2) is 55.2 Å². The zero-order chi connectivity index (χ0) is 19.5. The van der Waals surface area contributed by atoms with E-state index in [1.807, 2.05) is 41.4 Å². The van der Waals surface area contributed by atoms with E-state index in [2.05, 4.69) is 9.97 Å². The summed E-state index contributed by atoms with van der Waals surface area (Å²) in [6, 6.07) is 9.52. The number of carbonyl (C=O) groups is 1. The molecule has 1 saturated carbocycles. The number of carbonyl (C=O) groups excluding carboxylic acids is 1. The highest BCUT2D eigenvalue weighted by Gasteiger charge is 2.33. The van der Waals surface area contributed by atoms with Gasteiger partial charge in [-0.3, -0.25) is 9.36 Å². The third-order valence-electron chi connectivity index (χ3n) is 4.84. The molecule has 0 saturated heterocycles. The van der Waals surface area contributed by atoms with Gasteiger partial charge in [0.15, 0.2) is 0 Å². The Morgan fingerprint density at radius 3 is 2.68 bits per heavy atom. The fraction of sp³-hybridized carbons (Fsp3) is 0.286. The van der Waals surface area contributed by atoms with E-state index in [1.54, 1.807) is 37.5 Å². The second kappa shape index (κ2) is 7.72. The van der Waals surface area contributed by atoms with Crippen molar-refractivity contribution in [3.63, 3.8) is 0 Å². The van der Waals surface area contributed by atoms with Crippen molar-refractivity contribution in [1.29, 1.82) is 0 Å². The molecule has 0 atom stereocenters. The molecule has 0 unspecified atom stereocenters. The second-order valence-electron chi connectivity index (χ2n) is 6.72. The maximum absolute atomic E-state index is 13.2. The number of hydrogen-bond donors (Lipinski definition) is 0. The van der Waals surface area contributed by atoms with E-state index < -0.39 is 0 Å².